The number of halogens is 1. The average Bonchev–Trinajstić information content (AvgIpc) is 2.58. The maximum atomic E-state index is 6.20. The van der Waals surface area contributed by atoms with Crippen molar-refractivity contribution in [3.05, 3.63) is 59.4 Å². The number of rotatable bonds is 6. The lowest BCUT2D eigenvalue weighted by molar-refractivity contribution is 0.165. The van der Waals surface area contributed by atoms with Gasteiger partial charge in [-0.25, -0.2) is 0 Å². The Morgan fingerprint density at radius 3 is 2.78 bits per heavy atom. The molecule has 1 aromatic carbocycles. The molecule has 1 aromatic heterocycles. The average molecular weight is 350 g/mol. The number of ether oxygens (including phenoxy) is 1. The third-order valence-corrected chi connectivity index (χ3v) is 4.21. The molecule has 1 heterocycles. The van der Waals surface area contributed by atoms with Crippen molar-refractivity contribution in [1.29, 1.82) is 0 Å². The van der Waals surface area contributed by atoms with Crippen LogP contribution in [0.2, 0.25) is 5.02 Å². The minimum Gasteiger partial charge on any atom is -0.383 e. The Balaban J connectivity index is 2.17. The van der Waals surface area contributed by atoms with Crippen LogP contribution in [0.4, 0.5) is 5.69 Å². The van der Waals surface area contributed by atoms with Crippen molar-refractivity contribution in [2.45, 2.75) is 13.0 Å². The summed E-state index contributed by atoms with van der Waals surface area (Å²) in [7, 11) is 1.68. The highest BCUT2D eigenvalue weighted by atomic mass is 35.5. The Bertz CT molecular complexity index is 639. The van der Waals surface area contributed by atoms with E-state index in [1.54, 1.807) is 13.3 Å². The zero-order valence-corrected chi connectivity index (χ0v) is 14.8. The molecule has 0 saturated heterocycles. The van der Waals surface area contributed by atoms with Crippen LogP contribution in [0.5, 0.6) is 0 Å². The van der Waals surface area contributed by atoms with Gasteiger partial charge in [-0.05, 0) is 42.9 Å². The predicted octanol–water partition coefficient (Wildman–Crippen LogP) is 4.14. The van der Waals surface area contributed by atoms with E-state index < -0.39 is 0 Å². The predicted molar refractivity (Wildman–Crippen MR) is 98.9 cm³/mol. The van der Waals surface area contributed by atoms with Gasteiger partial charge in [-0.1, -0.05) is 29.8 Å². The molecule has 0 radical (unpaired) electrons. The Hall–Kier alpha value is -1.69. The molecule has 0 bridgehead atoms. The quantitative estimate of drug-likeness (QED) is 0.793. The molecule has 4 nitrogen and oxygen atoms in total. The number of nitrogens with one attached hydrogen (secondary N) is 1. The van der Waals surface area contributed by atoms with E-state index in [2.05, 4.69) is 22.1 Å². The van der Waals surface area contributed by atoms with Crippen LogP contribution in [0.1, 0.15) is 18.5 Å². The molecule has 0 spiro atoms. The molecule has 0 saturated carbocycles. The van der Waals surface area contributed by atoms with E-state index in [9.17, 15) is 0 Å². The number of hydrogen-bond acceptors (Lipinski definition) is 3. The van der Waals surface area contributed by atoms with E-state index >= 15 is 0 Å². The van der Waals surface area contributed by atoms with Gasteiger partial charge in [0.2, 0.25) is 0 Å². The number of methoxy groups -OCH3 is 1. The molecule has 1 unspecified atom stereocenters. The first-order chi connectivity index (χ1) is 11.1. The fraction of sp³-hybridized carbons (Fsp3) is 0.294. The minimum atomic E-state index is 0.0707. The summed E-state index contributed by atoms with van der Waals surface area (Å²) in [6, 6.07) is 11.6. The zero-order chi connectivity index (χ0) is 16.7. The van der Waals surface area contributed by atoms with Gasteiger partial charge in [0.1, 0.15) is 0 Å². The van der Waals surface area contributed by atoms with Crippen molar-refractivity contribution in [2.75, 3.05) is 25.6 Å². The Morgan fingerprint density at radius 2 is 2.13 bits per heavy atom. The number of aromatic nitrogens is 1. The highest BCUT2D eigenvalue weighted by Crippen LogP contribution is 2.24. The second-order valence-electron chi connectivity index (χ2n) is 5.06. The normalized spacial score (nSPS) is 11.8. The Labute approximate surface area is 147 Å². The number of benzene rings is 1. The highest BCUT2D eigenvalue weighted by Gasteiger charge is 2.19. The third kappa shape index (κ3) is 4.89. The van der Waals surface area contributed by atoms with Crippen molar-refractivity contribution in [3.8, 4) is 0 Å². The lowest BCUT2D eigenvalue weighted by Crippen LogP contribution is -2.39. The summed E-state index contributed by atoms with van der Waals surface area (Å²) in [5, 5.41) is 4.46. The van der Waals surface area contributed by atoms with Crippen molar-refractivity contribution in [1.82, 2.24) is 9.88 Å². The van der Waals surface area contributed by atoms with Gasteiger partial charge in [-0.3, -0.25) is 4.98 Å². The van der Waals surface area contributed by atoms with Crippen molar-refractivity contribution < 1.29 is 4.74 Å². The number of hydrogen-bond donors (Lipinski definition) is 1. The molecule has 0 amide bonds. The molecule has 0 aliphatic heterocycles. The number of para-hydroxylation sites is 1. The van der Waals surface area contributed by atoms with Crippen LogP contribution in [0.3, 0.4) is 0 Å². The molecule has 1 atom stereocenters. The molecule has 23 heavy (non-hydrogen) atoms. The van der Waals surface area contributed by atoms with E-state index in [1.165, 1.54) is 0 Å². The van der Waals surface area contributed by atoms with Gasteiger partial charge in [0.25, 0.3) is 0 Å². The summed E-state index contributed by atoms with van der Waals surface area (Å²) in [6.07, 6.45) is 3.61. The van der Waals surface area contributed by atoms with E-state index in [4.69, 9.17) is 28.6 Å². The number of nitrogens with zero attached hydrogens (tertiary/aromatic N) is 2. The molecule has 0 aliphatic carbocycles. The number of thiocarbonyl (C=S) groups is 1. The largest absolute Gasteiger partial charge is 0.383 e. The van der Waals surface area contributed by atoms with Gasteiger partial charge in [0.15, 0.2) is 5.11 Å². The molecular weight excluding hydrogens is 330 g/mol. The topological polar surface area (TPSA) is 37.4 Å². The third-order valence-electron chi connectivity index (χ3n) is 3.55. The van der Waals surface area contributed by atoms with Crippen molar-refractivity contribution >= 4 is 34.6 Å². The fourth-order valence-electron chi connectivity index (χ4n) is 2.21. The maximum absolute atomic E-state index is 6.20. The summed E-state index contributed by atoms with van der Waals surface area (Å²) in [6.45, 7) is 3.34. The van der Waals surface area contributed by atoms with Gasteiger partial charge in [-0.15, -0.1) is 0 Å². The molecule has 2 rings (SSSR count). The summed E-state index contributed by atoms with van der Waals surface area (Å²) in [5.41, 5.74) is 1.88. The number of anilines is 1. The van der Waals surface area contributed by atoms with Gasteiger partial charge >= 0.3 is 0 Å². The lowest BCUT2D eigenvalue weighted by Gasteiger charge is -2.32. The first-order valence-corrected chi connectivity index (χ1v) is 8.13. The van der Waals surface area contributed by atoms with E-state index in [0.29, 0.717) is 23.3 Å². The minimum absolute atomic E-state index is 0.0707. The van der Waals surface area contributed by atoms with Crippen LogP contribution in [0, 0.1) is 0 Å². The van der Waals surface area contributed by atoms with Crippen LogP contribution >= 0.6 is 23.8 Å². The SMILES string of the molecule is COCCN(C(=S)Nc1ccccc1Cl)C(C)c1cccnc1. The Morgan fingerprint density at radius 1 is 1.35 bits per heavy atom. The zero-order valence-electron chi connectivity index (χ0n) is 13.2. The van der Waals surface area contributed by atoms with Gasteiger partial charge in [0, 0.05) is 26.0 Å². The molecular formula is C17H20ClN3OS. The second kappa shape index (κ2) is 8.82. The van der Waals surface area contributed by atoms with E-state index in [0.717, 1.165) is 11.3 Å². The first kappa shape index (κ1) is 17.7. The van der Waals surface area contributed by atoms with Gasteiger partial charge in [0.05, 0.1) is 23.4 Å². The molecule has 0 fully saturated rings. The lowest BCUT2D eigenvalue weighted by atomic mass is 10.1. The fourth-order valence-corrected chi connectivity index (χ4v) is 2.76. The molecule has 1 N–H and O–H groups in total. The highest BCUT2D eigenvalue weighted by molar-refractivity contribution is 7.80. The summed E-state index contributed by atoms with van der Waals surface area (Å²) in [4.78, 5) is 6.25. The second-order valence-corrected chi connectivity index (χ2v) is 5.85. The molecule has 2 aromatic rings. The standard InChI is InChI=1S/C17H20ClN3OS/c1-13(14-6-5-9-19-12-14)21(10-11-22-2)17(23)20-16-8-4-3-7-15(16)18/h3-9,12-13H,10-11H2,1-2H3,(H,20,23). The van der Waals surface area contributed by atoms with Gasteiger partial charge in [-0.2, -0.15) is 0 Å². The van der Waals surface area contributed by atoms with E-state index in [1.807, 2.05) is 42.6 Å². The molecule has 0 aliphatic rings. The van der Waals surface area contributed by atoms with Crippen LogP contribution < -0.4 is 5.32 Å². The van der Waals surface area contributed by atoms with Crippen molar-refractivity contribution in [3.63, 3.8) is 0 Å². The summed E-state index contributed by atoms with van der Waals surface area (Å²) < 4.78 is 5.21. The molecule has 122 valence electrons. The Kier molecular flexibility index (Phi) is 6.77. The smallest absolute Gasteiger partial charge is 0.174 e. The van der Waals surface area contributed by atoms with Gasteiger partial charge < -0.3 is 15.0 Å². The van der Waals surface area contributed by atoms with E-state index in [-0.39, 0.29) is 6.04 Å². The van der Waals surface area contributed by atoms with Crippen molar-refractivity contribution in [2.24, 2.45) is 0 Å². The maximum Gasteiger partial charge on any atom is 0.174 e. The van der Waals surface area contributed by atoms with Crippen LogP contribution in [0.25, 0.3) is 0 Å². The van der Waals surface area contributed by atoms with Crippen LogP contribution in [-0.2, 0) is 4.74 Å². The summed E-state index contributed by atoms with van der Waals surface area (Å²) >= 11 is 11.8. The molecule has 6 heteroatoms. The van der Waals surface area contributed by atoms with Crippen LogP contribution in [0.15, 0.2) is 48.8 Å². The first-order valence-electron chi connectivity index (χ1n) is 7.34. The number of pyridine rings is 1. The summed E-state index contributed by atoms with van der Waals surface area (Å²) in [5.74, 6) is 0. The monoisotopic (exact) mass is 349 g/mol. The van der Waals surface area contributed by atoms with Crippen LogP contribution in [-0.4, -0.2) is 35.3 Å².